The average molecular weight is 296 g/mol. The SMILES string of the molecule is COc1c(-c2ccccc2)oc2cc3c(cc2c1=O)OCO3. The van der Waals surface area contributed by atoms with Gasteiger partial charge in [-0.1, -0.05) is 30.3 Å². The molecule has 0 radical (unpaired) electrons. The predicted molar refractivity (Wildman–Crippen MR) is 80.6 cm³/mol. The van der Waals surface area contributed by atoms with E-state index in [9.17, 15) is 4.79 Å². The Kier molecular flexibility index (Phi) is 2.79. The number of hydrogen-bond donors (Lipinski definition) is 0. The van der Waals surface area contributed by atoms with Crippen LogP contribution in [0.5, 0.6) is 17.2 Å². The molecule has 2 aromatic carbocycles. The quantitative estimate of drug-likeness (QED) is 0.727. The van der Waals surface area contributed by atoms with Crippen LogP contribution in [-0.2, 0) is 0 Å². The fourth-order valence-corrected chi connectivity index (χ4v) is 2.53. The molecular weight excluding hydrogens is 284 g/mol. The van der Waals surface area contributed by atoms with E-state index >= 15 is 0 Å². The van der Waals surface area contributed by atoms with Crippen LogP contribution in [0.3, 0.4) is 0 Å². The molecule has 5 heteroatoms. The molecule has 3 aromatic rings. The van der Waals surface area contributed by atoms with Gasteiger partial charge in [0.2, 0.25) is 18.0 Å². The number of ether oxygens (including phenoxy) is 3. The van der Waals surface area contributed by atoms with Gasteiger partial charge in [0.15, 0.2) is 17.3 Å². The zero-order chi connectivity index (χ0) is 15.1. The zero-order valence-electron chi connectivity index (χ0n) is 11.8. The lowest BCUT2D eigenvalue weighted by Gasteiger charge is -2.09. The second-order valence-corrected chi connectivity index (χ2v) is 4.86. The molecule has 5 nitrogen and oxygen atoms in total. The molecule has 0 unspecified atom stereocenters. The van der Waals surface area contributed by atoms with E-state index in [4.69, 9.17) is 18.6 Å². The van der Waals surface area contributed by atoms with Crippen LogP contribution in [0.2, 0.25) is 0 Å². The average Bonchev–Trinajstić information content (AvgIpc) is 3.01. The van der Waals surface area contributed by atoms with Crippen LogP contribution in [0.25, 0.3) is 22.3 Å². The normalized spacial score (nSPS) is 12.6. The maximum Gasteiger partial charge on any atom is 0.235 e. The van der Waals surface area contributed by atoms with Crippen LogP contribution in [0.1, 0.15) is 0 Å². The highest BCUT2D eigenvalue weighted by molar-refractivity contribution is 5.85. The maximum atomic E-state index is 12.7. The van der Waals surface area contributed by atoms with Gasteiger partial charge in [-0.15, -0.1) is 0 Å². The Labute approximate surface area is 125 Å². The first-order chi connectivity index (χ1) is 10.8. The molecule has 2 heterocycles. The molecule has 22 heavy (non-hydrogen) atoms. The van der Waals surface area contributed by atoms with Crippen LogP contribution in [0.15, 0.2) is 51.7 Å². The maximum absolute atomic E-state index is 12.7. The third-order valence-electron chi connectivity index (χ3n) is 3.58. The Hall–Kier alpha value is -2.95. The van der Waals surface area contributed by atoms with Gasteiger partial charge >= 0.3 is 0 Å². The van der Waals surface area contributed by atoms with Crippen molar-refractivity contribution in [2.45, 2.75) is 0 Å². The molecule has 0 spiro atoms. The van der Waals surface area contributed by atoms with Gasteiger partial charge in [0.05, 0.1) is 12.5 Å². The molecule has 0 saturated carbocycles. The van der Waals surface area contributed by atoms with Crippen molar-refractivity contribution in [3.63, 3.8) is 0 Å². The van der Waals surface area contributed by atoms with Gasteiger partial charge in [-0.2, -0.15) is 0 Å². The van der Waals surface area contributed by atoms with E-state index in [-0.39, 0.29) is 18.0 Å². The lowest BCUT2D eigenvalue weighted by atomic mass is 10.1. The molecule has 1 aliphatic heterocycles. The summed E-state index contributed by atoms with van der Waals surface area (Å²) in [5.41, 5.74) is 0.978. The zero-order valence-corrected chi connectivity index (χ0v) is 11.8. The number of benzene rings is 2. The molecule has 0 atom stereocenters. The van der Waals surface area contributed by atoms with Gasteiger partial charge in [-0.25, -0.2) is 0 Å². The van der Waals surface area contributed by atoms with Crippen LogP contribution in [0.4, 0.5) is 0 Å². The Bertz CT molecular complexity index is 912. The third kappa shape index (κ3) is 1.83. The first-order valence-corrected chi connectivity index (χ1v) is 6.78. The number of fused-ring (bicyclic) bond motifs is 2. The molecule has 0 N–H and O–H groups in total. The summed E-state index contributed by atoms with van der Waals surface area (Å²) in [6.07, 6.45) is 0. The van der Waals surface area contributed by atoms with E-state index in [1.54, 1.807) is 12.1 Å². The Morgan fingerprint density at radius 2 is 1.77 bits per heavy atom. The molecule has 1 aliphatic rings. The first-order valence-electron chi connectivity index (χ1n) is 6.78. The van der Waals surface area contributed by atoms with Crippen LogP contribution in [-0.4, -0.2) is 13.9 Å². The highest BCUT2D eigenvalue weighted by Crippen LogP contribution is 2.38. The number of methoxy groups -OCH3 is 1. The topological polar surface area (TPSA) is 57.9 Å². The lowest BCUT2D eigenvalue weighted by molar-refractivity contribution is 0.174. The van der Waals surface area contributed by atoms with Crippen molar-refractivity contribution >= 4 is 11.0 Å². The van der Waals surface area contributed by atoms with Gasteiger partial charge in [-0.05, 0) is 6.07 Å². The second-order valence-electron chi connectivity index (χ2n) is 4.86. The van der Waals surface area contributed by atoms with Gasteiger partial charge in [0.1, 0.15) is 5.58 Å². The highest BCUT2D eigenvalue weighted by atomic mass is 16.7. The summed E-state index contributed by atoms with van der Waals surface area (Å²) >= 11 is 0. The molecule has 0 amide bonds. The first kappa shape index (κ1) is 12.8. The predicted octanol–water partition coefficient (Wildman–Crippen LogP) is 3.20. The van der Waals surface area contributed by atoms with Gasteiger partial charge in [0.25, 0.3) is 0 Å². The molecule has 0 bridgehead atoms. The summed E-state index contributed by atoms with van der Waals surface area (Å²) in [5.74, 6) is 1.69. The molecule has 0 saturated heterocycles. The van der Waals surface area contributed by atoms with Crippen molar-refractivity contribution in [2.75, 3.05) is 13.9 Å². The molecule has 1 aromatic heterocycles. The number of rotatable bonds is 2. The van der Waals surface area contributed by atoms with Crippen molar-refractivity contribution in [2.24, 2.45) is 0 Å². The molecular formula is C17H12O5. The minimum atomic E-state index is -0.235. The fraction of sp³-hybridized carbons (Fsp3) is 0.118. The Balaban J connectivity index is 2.06. The molecule has 110 valence electrons. The van der Waals surface area contributed by atoms with Crippen molar-refractivity contribution in [3.8, 4) is 28.6 Å². The minimum Gasteiger partial charge on any atom is -0.490 e. The van der Waals surface area contributed by atoms with Crippen LogP contribution < -0.4 is 19.6 Å². The fourth-order valence-electron chi connectivity index (χ4n) is 2.53. The van der Waals surface area contributed by atoms with Crippen LogP contribution >= 0.6 is 0 Å². The van der Waals surface area contributed by atoms with Crippen LogP contribution in [0, 0.1) is 0 Å². The monoisotopic (exact) mass is 296 g/mol. The minimum absolute atomic E-state index is 0.141. The number of hydrogen-bond acceptors (Lipinski definition) is 5. The lowest BCUT2D eigenvalue weighted by Crippen LogP contribution is -2.07. The molecule has 0 fully saturated rings. The van der Waals surface area contributed by atoms with Gasteiger partial charge in [0, 0.05) is 11.6 Å². The van der Waals surface area contributed by atoms with Gasteiger partial charge in [-0.3, -0.25) is 4.79 Å². The van der Waals surface area contributed by atoms with Crippen molar-refractivity contribution in [1.29, 1.82) is 0 Å². The summed E-state index contributed by atoms with van der Waals surface area (Å²) in [6, 6.07) is 12.7. The van der Waals surface area contributed by atoms with Crippen molar-refractivity contribution < 1.29 is 18.6 Å². The van der Waals surface area contributed by atoms with Crippen molar-refractivity contribution in [1.82, 2.24) is 0 Å². The summed E-state index contributed by atoms with van der Waals surface area (Å²) in [7, 11) is 1.46. The van der Waals surface area contributed by atoms with E-state index in [0.717, 1.165) is 5.56 Å². The summed E-state index contributed by atoms with van der Waals surface area (Å²) < 4.78 is 21.8. The summed E-state index contributed by atoms with van der Waals surface area (Å²) in [6.45, 7) is 0.141. The molecule has 4 rings (SSSR count). The Morgan fingerprint density at radius 1 is 1.05 bits per heavy atom. The van der Waals surface area contributed by atoms with Gasteiger partial charge < -0.3 is 18.6 Å². The largest absolute Gasteiger partial charge is 0.490 e. The van der Waals surface area contributed by atoms with E-state index < -0.39 is 0 Å². The second kappa shape index (κ2) is 4.80. The Morgan fingerprint density at radius 3 is 2.50 bits per heavy atom. The summed E-state index contributed by atoms with van der Waals surface area (Å²) in [4.78, 5) is 12.7. The smallest absolute Gasteiger partial charge is 0.235 e. The van der Waals surface area contributed by atoms with E-state index in [1.807, 2.05) is 30.3 Å². The summed E-state index contributed by atoms with van der Waals surface area (Å²) in [5, 5.41) is 0.404. The highest BCUT2D eigenvalue weighted by Gasteiger charge is 2.21. The third-order valence-corrected chi connectivity index (χ3v) is 3.58. The van der Waals surface area contributed by atoms with Crippen molar-refractivity contribution in [3.05, 3.63) is 52.7 Å². The van der Waals surface area contributed by atoms with E-state index in [1.165, 1.54) is 7.11 Å². The standard InChI is InChI=1S/C17H12O5/c1-19-17-15(18)11-7-13-14(21-9-20-13)8-12(11)22-16(17)10-5-3-2-4-6-10/h2-8H,9H2,1H3. The van der Waals surface area contributed by atoms with E-state index in [0.29, 0.717) is 28.2 Å². The van der Waals surface area contributed by atoms with E-state index in [2.05, 4.69) is 0 Å². The molecule has 0 aliphatic carbocycles.